The average molecular weight is 447 g/mol. The maximum absolute atomic E-state index is 12.7. The van der Waals surface area contributed by atoms with Crippen LogP contribution in [0.4, 0.5) is 18.9 Å². The van der Waals surface area contributed by atoms with E-state index in [1.54, 1.807) is 0 Å². The first kappa shape index (κ1) is 22.9. The maximum Gasteiger partial charge on any atom is 0.416 e. The van der Waals surface area contributed by atoms with Gasteiger partial charge in [0.1, 0.15) is 11.5 Å². The molecule has 0 spiro atoms. The zero-order valence-electron chi connectivity index (χ0n) is 15.4. The number of carboxylic acid groups (broad SMARTS) is 1. The molecular weight excluding hydrogens is 433 g/mol. The number of hydrogen-bond acceptors (Lipinski definition) is 6. The Morgan fingerprint density at radius 1 is 1.27 bits per heavy atom. The van der Waals surface area contributed by atoms with E-state index in [0.29, 0.717) is 6.07 Å². The molecule has 0 saturated heterocycles. The number of oxime groups is 1. The molecule has 2 aromatic carbocycles. The molecule has 0 aliphatic rings. The summed E-state index contributed by atoms with van der Waals surface area (Å²) in [5.41, 5.74) is -1.39. The summed E-state index contributed by atoms with van der Waals surface area (Å²) in [6.07, 6.45) is -5.87. The predicted octanol–water partition coefficient (Wildman–Crippen LogP) is 5.27. The molecule has 2 rings (SSSR count). The first-order chi connectivity index (χ1) is 13.9. The molecule has 0 aliphatic heterocycles. The van der Waals surface area contributed by atoms with E-state index in [0.717, 1.165) is 18.2 Å². The van der Waals surface area contributed by atoms with E-state index in [-0.39, 0.29) is 33.5 Å². The van der Waals surface area contributed by atoms with Crippen molar-refractivity contribution < 1.29 is 37.6 Å². The van der Waals surface area contributed by atoms with Gasteiger partial charge in [0.25, 0.3) is 5.69 Å². The summed E-state index contributed by atoms with van der Waals surface area (Å²) >= 11 is 5.85. The SMILES string of the molecule is CC(=NOC(C)C(=O)O)c1cc(Oc2ccc(C(F)(F)F)cc2Cl)ccc1[N+](=O)[O-]. The minimum absolute atomic E-state index is 0.0150. The quantitative estimate of drug-likeness (QED) is 0.352. The molecule has 2 aromatic rings. The summed E-state index contributed by atoms with van der Waals surface area (Å²) in [6.45, 7) is 2.57. The van der Waals surface area contributed by atoms with Crippen molar-refractivity contribution in [1.29, 1.82) is 0 Å². The Hall–Kier alpha value is -3.34. The fourth-order valence-corrected chi connectivity index (χ4v) is 2.39. The van der Waals surface area contributed by atoms with Crippen LogP contribution in [0.3, 0.4) is 0 Å². The predicted molar refractivity (Wildman–Crippen MR) is 100 cm³/mol. The molecular formula is C18H14ClF3N2O6. The van der Waals surface area contributed by atoms with Gasteiger partial charge in [-0.1, -0.05) is 16.8 Å². The summed E-state index contributed by atoms with van der Waals surface area (Å²) in [5, 5.41) is 23.4. The molecule has 0 fully saturated rings. The van der Waals surface area contributed by atoms with Gasteiger partial charge in [-0.3, -0.25) is 10.1 Å². The average Bonchev–Trinajstić information content (AvgIpc) is 2.66. The van der Waals surface area contributed by atoms with Crippen molar-refractivity contribution >= 4 is 29.0 Å². The number of carbonyl (C=O) groups is 1. The highest BCUT2D eigenvalue weighted by atomic mass is 35.5. The highest BCUT2D eigenvalue weighted by Crippen LogP contribution is 2.37. The molecule has 1 unspecified atom stereocenters. The summed E-state index contributed by atoms with van der Waals surface area (Å²) in [7, 11) is 0. The molecule has 0 bridgehead atoms. The molecule has 0 aliphatic carbocycles. The molecule has 1 atom stereocenters. The lowest BCUT2D eigenvalue weighted by Crippen LogP contribution is -2.18. The second-order valence-corrected chi connectivity index (χ2v) is 6.35. The minimum atomic E-state index is -4.58. The third kappa shape index (κ3) is 5.60. The van der Waals surface area contributed by atoms with Crippen LogP contribution < -0.4 is 4.74 Å². The zero-order valence-corrected chi connectivity index (χ0v) is 16.2. The van der Waals surface area contributed by atoms with Gasteiger partial charge in [-0.2, -0.15) is 13.2 Å². The van der Waals surface area contributed by atoms with E-state index >= 15 is 0 Å². The number of nitro groups is 1. The number of hydrogen-bond donors (Lipinski definition) is 1. The number of aliphatic carboxylic acids is 1. The van der Waals surface area contributed by atoms with Crippen molar-refractivity contribution in [3.05, 3.63) is 62.7 Å². The number of benzene rings is 2. The number of ether oxygens (including phenoxy) is 1. The highest BCUT2D eigenvalue weighted by molar-refractivity contribution is 6.32. The molecule has 0 amide bonds. The van der Waals surface area contributed by atoms with Crippen LogP contribution in [0.1, 0.15) is 25.0 Å². The Labute approximate surface area is 172 Å². The normalized spacial score (nSPS) is 12.9. The Morgan fingerprint density at radius 3 is 2.47 bits per heavy atom. The van der Waals surface area contributed by atoms with Crippen LogP contribution >= 0.6 is 11.6 Å². The summed E-state index contributed by atoms with van der Waals surface area (Å²) in [6, 6.07) is 6.02. The van der Waals surface area contributed by atoms with E-state index in [4.69, 9.17) is 26.3 Å². The fourth-order valence-electron chi connectivity index (χ4n) is 2.17. The number of carboxylic acids is 1. The van der Waals surface area contributed by atoms with Crippen molar-refractivity contribution in [2.75, 3.05) is 0 Å². The van der Waals surface area contributed by atoms with Crippen LogP contribution in [-0.4, -0.2) is 27.8 Å². The van der Waals surface area contributed by atoms with Crippen molar-refractivity contribution in [3.8, 4) is 11.5 Å². The Bertz CT molecular complexity index is 1010. The van der Waals surface area contributed by atoms with E-state index < -0.39 is 28.7 Å². The number of alkyl halides is 3. The van der Waals surface area contributed by atoms with Gasteiger partial charge in [0.05, 0.1) is 26.8 Å². The molecule has 0 saturated carbocycles. The van der Waals surface area contributed by atoms with E-state index in [1.165, 1.54) is 26.0 Å². The smallest absolute Gasteiger partial charge is 0.416 e. The van der Waals surface area contributed by atoms with Gasteiger partial charge < -0.3 is 14.7 Å². The minimum Gasteiger partial charge on any atom is -0.478 e. The standard InChI is InChI=1S/C18H14ClF3N2O6/c1-9(23-30-10(2)17(25)26)13-8-12(4-5-15(13)24(27)28)29-16-6-3-11(7-14(16)19)18(20,21)22/h3-8,10H,1-2H3,(H,25,26). The third-order valence-electron chi connectivity index (χ3n) is 3.74. The van der Waals surface area contributed by atoms with Crippen LogP contribution in [0.5, 0.6) is 11.5 Å². The van der Waals surface area contributed by atoms with Gasteiger partial charge in [0.15, 0.2) is 0 Å². The van der Waals surface area contributed by atoms with Crippen molar-refractivity contribution in [3.63, 3.8) is 0 Å². The number of nitro benzene ring substituents is 1. The van der Waals surface area contributed by atoms with Gasteiger partial charge in [0, 0.05) is 6.07 Å². The second kappa shape index (κ2) is 8.99. The molecule has 12 heteroatoms. The molecule has 30 heavy (non-hydrogen) atoms. The molecule has 0 heterocycles. The molecule has 0 radical (unpaired) electrons. The first-order valence-corrected chi connectivity index (χ1v) is 8.54. The van der Waals surface area contributed by atoms with Gasteiger partial charge in [-0.05, 0) is 44.2 Å². The highest BCUT2D eigenvalue weighted by Gasteiger charge is 2.31. The van der Waals surface area contributed by atoms with Gasteiger partial charge >= 0.3 is 12.1 Å². The molecule has 8 nitrogen and oxygen atoms in total. The number of nitrogens with zero attached hydrogens (tertiary/aromatic N) is 2. The Kier molecular flexibility index (Phi) is 6.88. The Morgan fingerprint density at radius 2 is 1.93 bits per heavy atom. The second-order valence-electron chi connectivity index (χ2n) is 5.94. The van der Waals surface area contributed by atoms with Crippen molar-refractivity contribution in [2.45, 2.75) is 26.1 Å². The van der Waals surface area contributed by atoms with Crippen molar-refractivity contribution in [2.24, 2.45) is 5.16 Å². The molecule has 0 aromatic heterocycles. The van der Waals surface area contributed by atoms with Gasteiger partial charge in [-0.25, -0.2) is 4.79 Å². The van der Waals surface area contributed by atoms with Crippen LogP contribution in [0, 0.1) is 10.1 Å². The topological polar surface area (TPSA) is 111 Å². The van der Waals surface area contributed by atoms with Crippen LogP contribution in [-0.2, 0) is 15.8 Å². The summed E-state index contributed by atoms with van der Waals surface area (Å²) in [5.74, 6) is -1.36. The van der Waals surface area contributed by atoms with Crippen LogP contribution in [0.2, 0.25) is 5.02 Å². The van der Waals surface area contributed by atoms with Crippen LogP contribution in [0.15, 0.2) is 41.6 Å². The lowest BCUT2D eigenvalue weighted by molar-refractivity contribution is -0.385. The lowest BCUT2D eigenvalue weighted by atomic mass is 10.1. The lowest BCUT2D eigenvalue weighted by Gasteiger charge is -2.12. The Balaban J connectivity index is 2.37. The van der Waals surface area contributed by atoms with Gasteiger partial charge in [-0.15, -0.1) is 0 Å². The largest absolute Gasteiger partial charge is 0.478 e. The van der Waals surface area contributed by atoms with E-state index in [9.17, 15) is 28.1 Å². The monoisotopic (exact) mass is 446 g/mol. The zero-order chi connectivity index (χ0) is 22.6. The summed E-state index contributed by atoms with van der Waals surface area (Å²) in [4.78, 5) is 26.2. The van der Waals surface area contributed by atoms with Crippen LogP contribution in [0.25, 0.3) is 0 Å². The van der Waals surface area contributed by atoms with E-state index in [2.05, 4.69) is 5.16 Å². The van der Waals surface area contributed by atoms with E-state index in [1.807, 2.05) is 0 Å². The third-order valence-corrected chi connectivity index (χ3v) is 4.03. The molecule has 160 valence electrons. The number of halogens is 4. The van der Waals surface area contributed by atoms with Crippen molar-refractivity contribution in [1.82, 2.24) is 0 Å². The maximum atomic E-state index is 12.7. The van der Waals surface area contributed by atoms with Gasteiger partial charge in [0.2, 0.25) is 6.10 Å². The fraction of sp³-hybridized carbons (Fsp3) is 0.222. The summed E-state index contributed by atoms with van der Waals surface area (Å²) < 4.78 is 43.7. The molecule has 1 N–H and O–H groups in total. The first-order valence-electron chi connectivity index (χ1n) is 8.16. The number of rotatable bonds is 7.